The summed E-state index contributed by atoms with van der Waals surface area (Å²) in [5.41, 5.74) is 1.40. The van der Waals surface area contributed by atoms with E-state index in [1.807, 2.05) is 50.5 Å². The molecule has 0 saturated carbocycles. The molecule has 0 aliphatic rings. The summed E-state index contributed by atoms with van der Waals surface area (Å²) in [6.07, 6.45) is 1.81. The predicted molar refractivity (Wildman–Crippen MR) is 72.1 cm³/mol. The number of aryl methyl sites for hydroxylation is 1. The normalized spacial score (nSPS) is 10.2. The van der Waals surface area contributed by atoms with Crippen LogP contribution < -0.4 is 4.74 Å². The van der Waals surface area contributed by atoms with Crippen LogP contribution in [0.3, 0.4) is 0 Å². The molecule has 2 aromatic rings. The summed E-state index contributed by atoms with van der Waals surface area (Å²) in [4.78, 5) is 11.9. The Kier molecular flexibility index (Phi) is 4.23. The molecule has 1 heterocycles. The Bertz CT molecular complexity index is 560. The second-order valence-corrected chi connectivity index (χ2v) is 4.12. The van der Waals surface area contributed by atoms with Crippen molar-refractivity contribution in [3.63, 3.8) is 0 Å². The summed E-state index contributed by atoms with van der Waals surface area (Å²) in [6.45, 7) is 2.72. The Morgan fingerprint density at radius 3 is 2.68 bits per heavy atom. The van der Waals surface area contributed by atoms with E-state index in [0.29, 0.717) is 12.3 Å². The van der Waals surface area contributed by atoms with Gasteiger partial charge in [-0.25, -0.2) is 4.79 Å². The molecule has 4 heteroatoms. The summed E-state index contributed by atoms with van der Waals surface area (Å²) in [5.74, 6) is 0.420. The molecule has 19 heavy (non-hydrogen) atoms. The molecule has 0 unspecified atom stereocenters. The third-order valence-electron chi connectivity index (χ3n) is 2.78. The lowest BCUT2D eigenvalue weighted by molar-refractivity contribution is 0.0458. The van der Waals surface area contributed by atoms with Crippen molar-refractivity contribution in [1.29, 1.82) is 0 Å². The summed E-state index contributed by atoms with van der Waals surface area (Å²) in [6, 6.07) is 11.1. The monoisotopic (exact) mass is 259 g/mol. The first-order valence-corrected chi connectivity index (χ1v) is 6.21. The predicted octanol–water partition coefficient (Wildman–Crippen LogP) is 2.78. The molecule has 0 N–H and O–H groups in total. The van der Waals surface area contributed by atoms with Crippen molar-refractivity contribution in [2.75, 3.05) is 6.61 Å². The number of nitrogens with zero attached hydrogens (tertiary/aromatic N) is 1. The van der Waals surface area contributed by atoms with Crippen molar-refractivity contribution < 1.29 is 14.3 Å². The molecule has 0 radical (unpaired) electrons. The lowest BCUT2D eigenvalue weighted by atomic mass is 10.2. The van der Waals surface area contributed by atoms with Crippen molar-refractivity contribution >= 4 is 5.97 Å². The van der Waals surface area contributed by atoms with Gasteiger partial charge in [0.25, 0.3) is 0 Å². The molecule has 100 valence electrons. The van der Waals surface area contributed by atoms with E-state index in [0.717, 1.165) is 11.3 Å². The summed E-state index contributed by atoms with van der Waals surface area (Å²) in [5, 5.41) is 0. The Hall–Kier alpha value is -2.23. The maximum atomic E-state index is 11.9. The zero-order valence-corrected chi connectivity index (χ0v) is 11.1. The molecular weight excluding hydrogens is 242 g/mol. The van der Waals surface area contributed by atoms with E-state index >= 15 is 0 Å². The van der Waals surface area contributed by atoms with Crippen molar-refractivity contribution in [2.45, 2.75) is 13.5 Å². The summed E-state index contributed by atoms with van der Waals surface area (Å²) >= 11 is 0. The Morgan fingerprint density at radius 2 is 2.00 bits per heavy atom. The van der Waals surface area contributed by atoms with E-state index in [4.69, 9.17) is 9.47 Å². The van der Waals surface area contributed by atoms with Gasteiger partial charge in [-0.05, 0) is 25.1 Å². The topological polar surface area (TPSA) is 40.5 Å². The van der Waals surface area contributed by atoms with Crippen LogP contribution in [0.15, 0.2) is 42.6 Å². The van der Waals surface area contributed by atoms with Crippen LogP contribution in [0.5, 0.6) is 5.75 Å². The first-order chi connectivity index (χ1) is 9.22. The molecule has 0 spiro atoms. The minimum absolute atomic E-state index is 0.209. The van der Waals surface area contributed by atoms with Gasteiger partial charge in [0.05, 0.1) is 6.61 Å². The molecule has 0 aliphatic heterocycles. The molecule has 0 bridgehead atoms. The van der Waals surface area contributed by atoms with Crippen LogP contribution in [0.2, 0.25) is 0 Å². The average molecular weight is 259 g/mol. The van der Waals surface area contributed by atoms with Gasteiger partial charge in [0.1, 0.15) is 18.1 Å². The van der Waals surface area contributed by atoms with Crippen molar-refractivity contribution in [1.82, 2.24) is 4.57 Å². The number of hydrogen-bond donors (Lipinski definition) is 0. The van der Waals surface area contributed by atoms with E-state index in [-0.39, 0.29) is 12.6 Å². The quantitative estimate of drug-likeness (QED) is 0.775. The zero-order valence-electron chi connectivity index (χ0n) is 11.1. The third-order valence-corrected chi connectivity index (χ3v) is 2.78. The molecule has 0 fully saturated rings. The number of benzene rings is 1. The second kappa shape index (κ2) is 6.09. The Labute approximate surface area is 112 Å². The fourth-order valence-electron chi connectivity index (χ4n) is 1.81. The Balaban J connectivity index is 2.03. The minimum Gasteiger partial charge on any atom is -0.493 e. The van der Waals surface area contributed by atoms with Crippen LogP contribution in [-0.4, -0.2) is 17.1 Å². The minimum atomic E-state index is -0.334. The van der Waals surface area contributed by atoms with Crippen LogP contribution >= 0.6 is 0 Å². The highest BCUT2D eigenvalue weighted by molar-refractivity contribution is 5.87. The highest BCUT2D eigenvalue weighted by atomic mass is 16.5. The number of aromatic nitrogens is 1. The zero-order chi connectivity index (χ0) is 13.7. The summed E-state index contributed by atoms with van der Waals surface area (Å²) in [7, 11) is 1.81. The molecule has 0 amide bonds. The van der Waals surface area contributed by atoms with Crippen molar-refractivity contribution in [2.24, 2.45) is 7.05 Å². The average Bonchev–Trinajstić information content (AvgIpc) is 2.84. The molecule has 1 aromatic heterocycles. The highest BCUT2D eigenvalue weighted by Gasteiger charge is 2.11. The van der Waals surface area contributed by atoms with E-state index in [1.54, 1.807) is 10.6 Å². The lowest BCUT2D eigenvalue weighted by Gasteiger charge is -2.10. The first kappa shape index (κ1) is 13.2. The smallest absolute Gasteiger partial charge is 0.355 e. The number of esters is 1. The van der Waals surface area contributed by atoms with Crippen LogP contribution in [0.25, 0.3) is 0 Å². The summed E-state index contributed by atoms with van der Waals surface area (Å²) < 4.78 is 12.5. The maximum absolute atomic E-state index is 11.9. The van der Waals surface area contributed by atoms with Gasteiger partial charge in [0.2, 0.25) is 0 Å². The largest absolute Gasteiger partial charge is 0.493 e. The van der Waals surface area contributed by atoms with Crippen LogP contribution in [0, 0.1) is 0 Å². The van der Waals surface area contributed by atoms with E-state index < -0.39 is 0 Å². The third kappa shape index (κ3) is 3.16. The van der Waals surface area contributed by atoms with Gasteiger partial charge in [0.15, 0.2) is 0 Å². The fourth-order valence-corrected chi connectivity index (χ4v) is 1.81. The molecule has 2 rings (SSSR count). The lowest BCUT2D eigenvalue weighted by Crippen LogP contribution is -2.10. The molecule has 4 nitrogen and oxygen atoms in total. The Morgan fingerprint density at radius 1 is 1.21 bits per heavy atom. The van der Waals surface area contributed by atoms with Crippen LogP contribution in [0.4, 0.5) is 0 Å². The van der Waals surface area contributed by atoms with Crippen LogP contribution in [-0.2, 0) is 18.4 Å². The van der Waals surface area contributed by atoms with E-state index in [9.17, 15) is 4.79 Å². The number of carbonyl (C=O) groups excluding carboxylic acids is 1. The number of para-hydroxylation sites is 1. The second-order valence-electron chi connectivity index (χ2n) is 4.12. The van der Waals surface area contributed by atoms with Crippen molar-refractivity contribution in [3.05, 3.63) is 53.9 Å². The van der Waals surface area contributed by atoms with Gasteiger partial charge in [-0.15, -0.1) is 0 Å². The fraction of sp³-hybridized carbons (Fsp3) is 0.267. The SMILES string of the molecule is CCOc1ccccc1COC(=O)c1cccn1C. The van der Waals surface area contributed by atoms with Gasteiger partial charge < -0.3 is 14.0 Å². The van der Waals surface area contributed by atoms with E-state index in [2.05, 4.69) is 0 Å². The van der Waals surface area contributed by atoms with Gasteiger partial charge in [-0.2, -0.15) is 0 Å². The number of hydrogen-bond acceptors (Lipinski definition) is 3. The van der Waals surface area contributed by atoms with Crippen LogP contribution in [0.1, 0.15) is 23.0 Å². The van der Waals surface area contributed by atoms with Gasteiger partial charge in [-0.1, -0.05) is 18.2 Å². The number of rotatable bonds is 5. The molecule has 0 saturated heterocycles. The molecule has 0 aliphatic carbocycles. The maximum Gasteiger partial charge on any atom is 0.355 e. The molecular formula is C15H17NO3. The molecule has 0 atom stereocenters. The standard InChI is InChI=1S/C15H17NO3/c1-3-18-14-9-5-4-7-12(14)11-19-15(17)13-8-6-10-16(13)2/h4-10H,3,11H2,1-2H3. The first-order valence-electron chi connectivity index (χ1n) is 6.21. The van der Waals surface area contributed by atoms with E-state index in [1.165, 1.54) is 0 Å². The molecule has 1 aromatic carbocycles. The number of carbonyl (C=O) groups is 1. The van der Waals surface area contributed by atoms with Gasteiger partial charge >= 0.3 is 5.97 Å². The van der Waals surface area contributed by atoms with Gasteiger partial charge in [-0.3, -0.25) is 0 Å². The highest BCUT2D eigenvalue weighted by Crippen LogP contribution is 2.19. The van der Waals surface area contributed by atoms with Gasteiger partial charge in [0, 0.05) is 18.8 Å². The number of ether oxygens (including phenoxy) is 2. The van der Waals surface area contributed by atoms with Crippen molar-refractivity contribution in [3.8, 4) is 5.75 Å².